The van der Waals surface area contributed by atoms with Crippen molar-refractivity contribution in [3.8, 4) is 0 Å². The van der Waals surface area contributed by atoms with Gasteiger partial charge in [0.2, 0.25) is 0 Å². The van der Waals surface area contributed by atoms with Crippen molar-refractivity contribution in [2.45, 2.75) is 96.6 Å². The number of ether oxygens (including phenoxy) is 2. The lowest BCUT2D eigenvalue weighted by Crippen LogP contribution is -2.49. The monoisotopic (exact) mass is 650 g/mol. The molecule has 2 amide bonds. The molecule has 2 N–H and O–H groups in total. The lowest BCUT2D eigenvalue weighted by molar-refractivity contribution is -0.152. The number of amides is 2. The van der Waals surface area contributed by atoms with Gasteiger partial charge < -0.3 is 24.1 Å². The predicted molar refractivity (Wildman–Crippen MR) is 165 cm³/mol. The minimum absolute atomic E-state index is 0.122. The van der Waals surface area contributed by atoms with Gasteiger partial charge in [-0.05, 0) is 78.2 Å². The molecular formula is C28H43BN6O9S. The number of carbonyl (C=O) groups is 3. The molecule has 17 heteroatoms. The molecule has 2 aliphatic rings. The number of rotatable bonds is 12. The second-order valence-electron chi connectivity index (χ2n) is 13.2. The van der Waals surface area contributed by atoms with Gasteiger partial charge in [0.1, 0.15) is 18.8 Å². The van der Waals surface area contributed by atoms with Crippen molar-refractivity contribution in [3.63, 3.8) is 0 Å². The molecule has 0 saturated carbocycles. The van der Waals surface area contributed by atoms with E-state index in [-0.39, 0.29) is 19.6 Å². The highest BCUT2D eigenvalue weighted by Crippen LogP contribution is 2.41. The minimum atomic E-state index is -4.54. The quantitative estimate of drug-likeness (QED) is 0.112. The number of alkyl carbamates (subject to hydrolysis) is 1. The predicted octanol–water partition coefficient (Wildman–Crippen LogP) is 3.47. The third kappa shape index (κ3) is 9.33. The Morgan fingerprint density at radius 1 is 1.13 bits per heavy atom. The fraction of sp³-hybridized carbons (Fsp3) is 0.679. The van der Waals surface area contributed by atoms with Crippen molar-refractivity contribution in [2.75, 3.05) is 19.6 Å². The van der Waals surface area contributed by atoms with Crippen molar-refractivity contribution in [1.29, 1.82) is 0 Å². The van der Waals surface area contributed by atoms with Crippen molar-refractivity contribution in [1.82, 2.24) is 14.3 Å². The lowest BCUT2D eigenvalue weighted by atomic mass is 9.78. The Morgan fingerprint density at radius 2 is 1.76 bits per heavy atom. The molecule has 1 aromatic carbocycles. The van der Waals surface area contributed by atoms with Crippen molar-refractivity contribution < 1.29 is 41.6 Å². The molecule has 0 radical (unpaired) electrons. The van der Waals surface area contributed by atoms with Crippen LogP contribution < -0.4 is 10.0 Å². The number of hydrogen-bond acceptors (Lipinski definition) is 10. The molecule has 2 atom stereocenters. The highest BCUT2D eigenvalue weighted by atomic mass is 32.2. The highest BCUT2D eigenvalue weighted by Gasteiger charge is 2.56. The second kappa shape index (κ2) is 14.0. The molecule has 2 aliphatic heterocycles. The van der Waals surface area contributed by atoms with Gasteiger partial charge in [-0.1, -0.05) is 41.9 Å². The van der Waals surface area contributed by atoms with Gasteiger partial charge in [0.05, 0.1) is 11.2 Å². The molecule has 15 nitrogen and oxygen atoms in total. The van der Waals surface area contributed by atoms with Gasteiger partial charge in [-0.3, -0.25) is 9.59 Å². The third-order valence-corrected chi connectivity index (χ3v) is 9.42. The zero-order valence-corrected chi connectivity index (χ0v) is 27.7. The number of carbonyl (C=O) groups excluding carboxylic acids is 3. The fourth-order valence-corrected chi connectivity index (χ4v) is 6.24. The zero-order chi connectivity index (χ0) is 33.7. The maximum Gasteiger partial charge on any atom is 0.457 e. The zero-order valence-electron chi connectivity index (χ0n) is 26.9. The number of nitrogens with zero attached hydrogens (tertiary/aromatic N) is 4. The molecule has 0 unspecified atom stereocenters. The molecule has 0 aromatic heterocycles. The van der Waals surface area contributed by atoms with Gasteiger partial charge in [0, 0.05) is 18.0 Å². The second-order valence-corrected chi connectivity index (χ2v) is 14.8. The Kier molecular flexibility index (Phi) is 11.2. The number of esters is 1. The summed E-state index contributed by atoms with van der Waals surface area (Å²) in [6.07, 6.45) is 0.232. The molecule has 2 heterocycles. The van der Waals surface area contributed by atoms with Gasteiger partial charge in [-0.25, -0.2) is 9.52 Å². The van der Waals surface area contributed by atoms with Crippen LogP contribution in [-0.2, 0) is 45.2 Å². The summed E-state index contributed by atoms with van der Waals surface area (Å²) in [5.74, 6) is -2.72. The van der Waals surface area contributed by atoms with Gasteiger partial charge in [-0.15, -0.1) is 0 Å². The van der Waals surface area contributed by atoms with E-state index in [9.17, 15) is 28.3 Å². The van der Waals surface area contributed by atoms with Gasteiger partial charge in [0.15, 0.2) is 5.54 Å². The topological polar surface area (TPSA) is 198 Å². The van der Waals surface area contributed by atoms with Crippen molar-refractivity contribution >= 4 is 35.3 Å². The number of azide groups is 1. The molecule has 0 spiro atoms. The van der Waals surface area contributed by atoms with Crippen LogP contribution in [0.3, 0.4) is 0 Å². The normalized spacial score (nSPS) is 22.7. The van der Waals surface area contributed by atoms with Crippen LogP contribution in [0.5, 0.6) is 0 Å². The molecular weight excluding hydrogens is 607 g/mol. The van der Waals surface area contributed by atoms with Gasteiger partial charge in [-0.2, -0.15) is 12.7 Å². The summed E-state index contributed by atoms with van der Waals surface area (Å²) >= 11 is 0. The lowest BCUT2D eigenvalue weighted by Gasteiger charge is -2.32. The molecule has 0 aliphatic carbocycles. The van der Waals surface area contributed by atoms with Crippen LogP contribution in [0.25, 0.3) is 10.4 Å². The van der Waals surface area contributed by atoms with E-state index < -0.39 is 76.6 Å². The first kappa shape index (κ1) is 36.1. The van der Waals surface area contributed by atoms with Crippen molar-refractivity contribution in [2.24, 2.45) is 11.0 Å². The maximum atomic E-state index is 13.6. The Bertz CT molecular complexity index is 1380. The molecule has 0 bridgehead atoms. The molecule has 2 saturated heterocycles. The Balaban J connectivity index is 1.77. The Hall–Kier alpha value is -3.37. The largest absolute Gasteiger partial charge is 0.460 e. The standard InChI is InChI=1S/C28H43BN6O9S/c1-25(2,3)42-24(38)31-16-22(36)32-45(39,40)35-17-21(14-11-15-29-43-26(4,5)27(6,7)44-29)28(19-35,33-34-30)23(37)41-18-20-12-9-8-10-13-20/h8-10,12-13,21H,11,14-19H2,1-7H3,(H,31,38)(H,32,36)/t21-,28-/m1/s1. The Morgan fingerprint density at radius 3 is 2.33 bits per heavy atom. The van der Waals surface area contributed by atoms with E-state index in [0.717, 1.165) is 4.31 Å². The summed E-state index contributed by atoms with van der Waals surface area (Å²) in [6.45, 7) is 11.0. The maximum absolute atomic E-state index is 13.6. The summed E-state index contributed by atoms with van der Waals surface area (Å²) in [5, 5.41) is 6.03. The van der Waals surface area contributed by atoms with Crippen LogP contribution in [-0.4, -0.2) is 79.8 Å². The van der Waals surface area contributed by atoms with Crippen LogP contribution in [0.1, 0.15) is 66.9 Å². The number of nitrogens with one attached hydrogen (secondary N) is 2. The molecule has 2 fully saturated rings. The first-order valence-corrected chi connectivity index (χ1v) is 16.1. The molecule has 45 heavy (non-hydrogen) atoms. The van der Waals surface area contributed by atoms with E-state index >= 15 is 0 Å². The van der Waals surface area contributed by atoms with E-state index in [0.29, 0.717) is 18.3 Å². The Labute approximate surface area is 264 Å². The average molecular weight is 651 g/mol. The molecule has 1 aromatic rings. The minimum Gasteiger partial charge on any atom is -0.460 e. The van der Waals surface area contributed by atoms with Crippen LogP contribution >= 0.6 is 0 Å². The molecule has 248 valence electrons. The van der Waals surface area contributed by atoms with Gasteiger partial charge in [0.25, 0.3) is 5.91 Å². The summed E-state index contributed by atoms with van der Waals surface area (Å²) in [6, 6.07) is 8.85. The fourth-order valence-electron chi connectivity index (χ4n) is 5.01. The first-order valence-electron chi connectivity index (χ1n) is 14.7. The van der Waals surface area contributed by atoms with Crippen LogP contribution in [0.2, 0.25) is 6.32 Å². The summed E-state index contributed by atoms with van der Waals surface area (Å²) in [5.41, 5.74) is 6.39. The summed E-state index contributed by atoms with van der Waals surface area (Å²) in [4.78, 5) is 40.9. The SMILES string of the molecule is CC(C)(C)OC(=O)NCC(=O)NS(=O)(=O)N1C[C@@H](CCCB2OC(C)(C)C(C)(C)O2)[C@@](N=[N+]=[N-])(C(=O)OCc2ccccc2)C1. The smallest absolute Gasteiger partial charge is 0.457 e. The average Bonchev–Trinajstić information content (AvgIpc) is 3.39. The van der Waals surface area contributed by atoms with Gasteiger partial charge >= 0.3 is 29.4 Å². The summed E-state index contributed by atoms with van der Waals surface area (Å²) in [7, 11) is -5.06. The van der Waals surface area contributed by atoms with Crippen LogP contribution in [0.15, 0.2) is 35.4 Å². The number of benzene rings is 1. The number of hydrogen-bond donors (Lipinski definition) is 2. The van der Waals surface area contributed by atoms with Crippen LogP contribution in [0.4, 0.5) is 4.79 Å². The van der Waals surface area contributed by atoms with Crippen LogP contribution in [0, 0.1) is 5.92 Å². The van der Waals surface area contributed by atoms with E-state index in [4.69, 9.17) is 18.8 Å². The van der Waals surface area contributed by atoms with E-state index in [2.05, 4.69) is 15.3 Å². The first-order chi connectivity index (χ1) is 20.8. The van der Waals surface area contributed by atoms with E-state index in [1.807, 2.05) is 32.4 Å². The third-order valence-electron chi connectivity index (χ3n) is 7.98. The van der Waals surface area contributed by atoms with Crippen molar-refractivity contribution in [3.05, 3.63) is 46.3 Å². The molecule has 3 rings (SSSR count). The summed E-state index contributed by atoms with van der Waals surface area (Å²) < 4.78 is 52.1. The van der Waals surface area contributed by atoms with E-state index in [1.165, 1.54) is 0 Å². The van der Waals surface area contributed by atoms with E-state index in [1.54, 1.807) is 51.1 Å². The highest BCUT2D eigenvalue weighted by molar-refractivity contribution is 7.87.